The first-order chi connectivity index (χ1) is 10.1. The summed E-state index contributed by atoms with van der Waals surface area (Å²) in [5.41, 5.74) is 0. The van der Waals surface area contributed by atoms with Crippen LogP contribution in [0, 0.1) is 0 Å². The lowest BCUT2D eigenvalue weighted by molar-refractivity contribution is -1.02. The zero-order valence-electron chi connectivity index (χ0n) is 12.6. The second-order valence-electron chi connectivity index (χ2n) is 5.45. The van der Waals surface area contributed by atoms with Gasteiger partial charge in [0, 0.05) is 7.05 Å². The van der Waals surface area contributed by atoms with Crippen LogP contribution in [0.4, 0.5) is 4.79 Å². The lowest BCUT2D eigenvalue weighted by atomic mass is 10.2. The lowest BCUT2D eigenvalue weighted by Gasteiger charge is -2.32. The minimum atomic E-state index is -0.437. The first-order valence-electron chi connectivity index (χ1n) is 7.33. The summed E-state index contributed by atoms with van der Waals surface area (Å²) >= 11 is 1.80. The molecule has 7 heteroatoms. The molecule has 6 nitrogen and oxygen atoms in total. The van der Waals surface area contributed by atoms with Gasteiger partial charge in [0.15, 0.2) is 6.04 Å². The number of thiophene rings is 1. The molecule has 0 aromatic carbocycles. The number of nitrogens with one attached hydrogen (secondary N) is 4. The van der Waals surface area contributed by atoms with Crippen LogP contribution in [0.3, 0.4) is 0 Å². The van der Waals surface area contributed by atoms with Gasteiger partial charge in [-0.15, -0.1) is 11.3 Å². The van der Waals surface area contributed by atoms with Crippen LogP contribution in [0.1, 0.15) is 11.8 Å². The molecule has 1 fully saturated rings. The number of rotatable bonds is 4. The van der Waals surface area contributed by atoms with E-state index in [9.17, 15) is 9.59 Å². The third-order valence-corrected chi connectivity index (χ3v) is 4.95. The molecule has 0 spiro atoms. The van der Waals surface area contributed by atoms with Crippen LogP contribution in [0.25, 0.3) is 0 Å². The number of piperazine rings is 1. The first kappa shape index (κ1) is 15.9. The van der Waals surface area contributed by atoms with Gasteiger partial charge in [-0.2, -0.15) is 0 Å². The quantitative estimate of drug-likeness (QED) is 0.513. The summed E-state index contributed by atoms with van der Waals surface area (Å²) in [6.45, 7) is 7.00. The molecule has 21 heavy (non-hydrogen) atoms. The zero-order valence-corrected chi connectivity index (χ0v) is 13.4. The molecule has 3 amide bonds. The first-order valence-corrected chi connectivity index (χ1v) is 8.21. The maximum atomic E-state index is 12.0. The van der Waals surface area contributed by atoms with E-state index in [-0.39, 0.29) is 11.9 Å². The number of urea groups is 1. The van der Waals surface area contributed by atoms with Crippen molar-refractivity contribution >= 4 is 23.3 Å². The van der Waals surface area contributed by atoms with Crippen LogP contribution in [0.15, 0.2) is 17.5 Å². The summed E-state index contributed by atoms with van der Waals surface area (Å²) < 4.78 is 0. The van der Waals surface area contributed by atoms with E-state index in [0.717, 1.165) is 32.7 Å². The summed E-state index contributed by atoms with van der Waals surface area (Å²) in [6, 6.07) is 3.64. The average Bonchev–Trinajstić information content (AvgIpc) is 3.00. The average molecular weight is 312 g/mol. The Morgan fingerprint density at radius 2 is 2.05 bits per heavy atom. The highest BCUT2D eigenvalue weighted by molar-refractivity contribution is 7.09. The molecule has 0 unspecified atom stereocenters. The Morgan fingerprint density at radius 3 is 2.62 bits per heavy atom. The van der Waals surface area contributed by atoms with Gasteiger partial charge < -0.3 is 15.1 Å². The van der Waals surface area contributed by atoms with Crippen LogP contribution in [-0.2, 0) is 11.3 Å². The summed E-state index contributed by atoms with van der Waals surface area (Å²) in [5.74, 6) is -0.203. The largest absolute Gasteiger partial charge is 0.341 e. The molecule has 1 aliphatic heterocycles. The Labute approximate surface area is 129 Å². The maximum Gasteiger partial charge on any atom is 0.321 e. The Bertz CT molecular complexity index is 469. The number of quaternary nitrogens is 2. The van der Waals surface area contributed by atoms with Crippen molar-refractivity contribution in [1.82, 2.24) is 10.6 Å². The van der Waals surface area contributed by atoms with Crippen LogP contribution >= 0.6 is 11.3 Å². The predicted molar refractivity (Wildman–Crippen MR) is 81.5 cm³/mol. The number of hydrogen-bond acceptors (Lipinski definition) is 3. The summed E-state index contributed by atoms with van der Waals surface area (Å²) in [7, 11) is 1.51. The highest BCUT2D eigenvalue weighted by Gasteiger charge is 2.31. The summed E-state index contributed by atoms with van der Waals surface area (Å²) in [4.78, 5) is 27.4. The van der Waals surface area contributed by atoms with Gasteiger partial charge in [-0.3, -0.25) is 10.1 Å². The second-order valence-corrected chi connectivity index (χ2v) is 6.49. The van der Waals surface area contributed by atoms with Gasteiger partial charge in [0.25, 0.3) is 5.91 Å². The van der Waals surface area contributed by atoms with Crippen LogP contribution in [0.2, 0.25) is 0 Å². The van der Waals surface area contributed by atoms with E-state index >= 15 is 0 Å². The van der Waals surface area contributed by atoms with Gasteiger partial charge >= 0.3 is 6.03 Å². The van der Waals surface area contributed by atoms with E-state index in [2.05, 4.69) is 28.1 Å². The van der Waals surface area contributed by atoms with E-state index in [4.69, 9.17) is 0 Å². The van der Waals surface area contributed by atoms with Crippen molar-refractivity contribution in [1.29, 1.82) is 0 Å². The number of hydrogen-bond donors (Lipinski definition) is 4. The van der Waals surface area contributed by atoms with Gasteiger partial charge in [-0.05, 0) is 18.4 Å². The van der Waals surface area contributed by atoms with Crippen molar-refractivity contribution in [3.63, 3.8) is 0 Å². The number of imide groups is 1. The SMILES string of the molecule is CNC(=O)NC(=O)[C@H](C)[NH+]1CC[NH+](Cc2cccs2)CC1. The standard InChI is InChI=1S/C14H22N4O2S/c1-11(13(19)16-14(20)15-2)18-7-5-17(6-8-18)10-12-4-3-9-21-12/h3-4,9,11H,5-8,10H2,1-2H3,(H2,15,16,19,20)/p+2/t11-/m0/s1. The van der Waals surface area contributed by atoms with E-state index in [1.54, 1.807) is 16.2 Å². The van der Waals surface area contributed by atoms with Crippen LogP contribution in [0.5, 0.6) is 0 Å². The third kappa shape index (κ3) is 4.52. The fourth-order valence-corrected chi connectivity index (χ4v) is 3.44. The van der Waals surface area contributed by atoms with Crippen molar-refractivity contribution in [2.45, 2.75) is 19.5 Å². The molecule has 1 saturated heterocycles. The fraction of sp³-hybridized carbons (Fsp3) is 0.571. The normalized spacial score (nSPS) is 23.3. The van der Waals surface area contributed by atoms with E-state index in [1.807, 2.05) is 6.92 Å². The molecule has 0 aliphatic carbocycles. The number of amides is 3. The Kier molecular flexibility index (Phi) is 5.72. The predicted octanol–water partition coefficient (Wildman–Crippen LogP) is -2.12. The lowest BCUT2D eigenvalue weighted by Crippen LogP contribution is -3.29. The summed E-state index contributed by atoms with van der Waals surface area (Å²) in [5, 5.41) is 6.87. The van der Waals surface area contributed by atoms with Gasteiger partial charge in [-0.1, -0.05) is 6.07 Å². The molecular weight excluding hydrogens is 288 g/mol. The number of carbonyl (C=O) groups excluding carboxylic acids is 2. The Morgan fingerprint density at radius 1 is 1.33 bits per heavy atom. The molecule has 4 N–H and O–H groups in total. The highest BCUT2D eigenvalue weighted by Crippen LogP contribution is 2.05. The van der Waals surface area contributed by atoms with Crippen molar-refractivity contribution in [3.05, 3.63) is 22.4 Å². The van der Waals surface area contributed by atoms with Gasteiger partial charge in [-0.25, -0.2) is 4.79 Å². The molecule has 2 rings (SSSR count). The number of carbonyl (C=O) groups is 2. The van der Waals surface area contributed by atoms with E-state index in [1.165, 1.54) is 16.8 Å². The molecule has 1 aromatic heterocycles. The van der Waals surface area contributed by atoms with E-state index in [0.29, 0.717) is 0 Å². The third-order valence-electron chi connectivity index (χ3n) is 4.07. The fourth-order valence-electron chi connectivity index (χ4n) is 2.66. The van der Waals surface area contributed by atoms with Crippen molar-refractivity contribution < 1.29 is 19.4 Å². The summed E-state index contributed by atoms with van der Waals surface area (Å²) in [6.07, 6.45) is 0. The highest BCUT2D eigenvalue weighted by atomic mass is 32.1. The van der Waals surface area contributed by atoms with Crippen LogP contribution < -0.4 is 20.4 Å². The molecule has 1 atom stereocenters. The monoisotopic (exact) mass is 312 g/mol. The van der Waals surface area contributed by atoms with Gasteiger partial charge in [0.05, 0.1) is 4.88 Å². The zero-order chi connectivity index (χ0) is 15.2. The Balaban J connectivity index is 1.77. The van der Waals surface area contributed by atoms with Crippen molar-refractivity contribution in [2.24, 2.45) is 0 Å². The molecule has 0 radical (unpaired) electrons. The van der Waals surface area contributed by atoms with Gasteiger partial charge in [0.1, 0.15) is 32.7 Å². The molecule has 0 saturated carbocycles. The van der Waals surface area contributed by atoms with Crippen molar-refractivity contribution in [2.75, 3.05) is 33.2 Å². The smallest absolute Gasteiger partial charge is 0.321 e. The maximum absolute atomic E-state index is 12.0. The van der Waals surface area contributed by atoms with Crippen LogP contribution in [-0.4, -0.2) is 51.2 Å². The minimum absolute atomic E-state index is 0.189. The molecule has 2 heterocycles. The molecule has 0 bridgehead atoms. The minimum Gasteiger partial charge on any atom is -0.341 e. The molecule has 1 aromatic rings. The molecule has 116 valence electrons. The second kappa shape index (κ2) is 7.53. The Hall–Kier alpha value is -1.44. The molecular formula is C14H24N4O2S+2. The molecule has 1 aliphatic rings. The van der Waals surface area contributed by atoms with Gasteiger partial charge in [0.2, 0.25) is 0 Å². The topological polar surface area (TPSA) is 67.1 Å². The van der Waals surface area contributed by atoms with E-state index < -0.39 is 6.03 Å². The van der Waals surface area contributed by atoms with Crippen molar-refractivity contribution in [3.8, 4) is 0 Å².